The van der Waals surface area contributed by atoms with Crippen LogP contribution in [0.1, 0.15) is 38.2 Å². The molecule has 7 nitrogen and oxygen atoms in total. The van der Waals surface area contributed by atoms with Crippen LogP contribution in [-0.4, -0.2) is 70.0 Å². The van der Waals surface area contributed by atoms with Crippen molar-refractivity contribution in [3.8, 4) is 11.5 Å². The van der Waals surface area contributed by atoms with E-state index in [-0.39, 0.29) is 6.10 Å². The highest BCUT2D eigenvalue weighted by Crippen LogP contribution is 2.35. The highest BCUT2D eigenvalue weighted by Gasteiger charge is 2.20. The Balaban J connectivity index is 1.61. The highest BCUT2D eigenvalue weighted by molar-refractivity contribution is 5.79. The molecule has 0 unspecified atom stereocenters. The average molecular weight is 405 g/mol. The first kappa shape index (κ1) is 21.7. The predicted molar refractivity (Wildman–Crippen MR) is 116 cm³/mol. The molecule has 0 aromatic heterocycles. The van der Waals surface area contributed by atoms with Gasteiger partial charge in [-0.25, -0.2) is 4.99 Å². The molecule has 0 radical (unpaired) electrons. The van der Waals surface area contributed by atoms with E-state index in [4.69, 9.17) is 19.2 Å². The van der Waals surface area contributed by atoms with Gasteiger partial charge < -0.3 is 24.8 Å². The van der Waals surface area contributed by atoms with Gasteiger partial charge in [-0.1, -0.05) is 12.1 Å². The minimum Gasteiger partial charge on any atom is -0.493 e. The fourth-order valence-corrected chi connectivity index (χ4v) is 3.82. The maximum absolute atomic E-state index is 6.33. The zero-order valence-corrected chi connectivity index (χ0v) is 17.9. The maximum atomic E-state index is 6.33. The first-order chi connectivity index (χ1) is 14.3. The predicted octanol–water partition coefficient (Wildman–Crippen LogP) is 2.40. The lowest BCUT2D eigenvalue weighted by Crippen LogP contribution is -2.44. The van der Waals surface area contributed by atoms with Gasteiger partial charge in [-0.3, -0.25) is 4.90 Å². The quantitative estimate of drug-likeness (QED) is 0.487. The SMILES string of the molecule is CCNC(=NCc1cccc(OC)c1OC1CCCC1)NCCN1CCOCC1. The Morgan fingerprint density at radius 3 is 2.72 bits per heavy atom. The third-order valence-electron chi connectivity index (χ3n) is 5.44. The van der Waals surface area contributed by atoms with Gasteiger partial charge in [0.05, 0.1) is 33.0 Å². The molecule has 1 aliphatic carbocycles. The smallest absolute Gasteiger partial charge is 0.191 e. The molecule has 7 heteroatoms. The van der Waals surface area contributed by atoms with Gasteiger partial charge in [0.15, 0.2) is 17.5 Å². The van der Waals surface area contributed by atoms with Crippen molar-refractivity contribution in [2.75, 3.05) is 53.0 Å². The van der Waals surface area contributed by atoms with Crippen LogP contribution in [0, 0.1) is 0 Å². The van der Waals surface area contributed by atoms with Gasteiger partial charge in [0, 0.05) is 38.3 Å². The molecule has 2 N–H and O–H groups in total. The minimum absolute atomic E-state index is 0.286. The van der Waals surface area contributed by atoms with Gasteiger partial charge in [0.2, 0.25) is 0 Å². The summed E-state index contributed by atoms with van der Waals surface area (Å²) < 4.78 is 17.3. The van der Waals surface area contributed by atoms with E-state index in [2.05, 4.69) is 28.5 Å². The van der Waals surface area contributed by atoms with E-state index in [1.54, 1.807) is 7.11 Å². The molecule has 0 bridgehead atoms. The van der Waals surface area contributed by atoms with Crippen LogP contribution >= 0.6 is 0 Å². The number of ether oxygens (including phenoxy) is 3. The second kappa shape index (κ2) is 11.9. The molecule has 2 aliphatic rings. The summed E-state index contributed by atoms with van der Waals surface area (Å²) in [4.78, 5) is 7.21. The Morgan fingerprint density at radius 1 is 1.21 bits per heavy atom. The van der Waals surface area contributed by atoms with Gasteiger partial charge in [-0.15, -0.1) is 0 Å². The summed E-state index contributed by atoms with van der Waals surface area (Å²) in [6.45, 7) is 8.96. The van der Waals surface area contributed by atoms with Crippen molar-refractivity contribution >= 4 is 5.96 Å². The molecule has 162 valence electrons. The van der Waals surface area contributed by atoms with E-state index in [1.165, 1.54) is 12.8 Å². The molecule has 0 spiro atoms. The monoisotopic (exact) mass is 404 g/mol. The summed E-state index contributed by atoms with van der Waals surface area (Å²) >= 11 is 0. The number of para-hydroxylation sites is 1. The normalized spacial score (nSPS) is 18.6. The topological polar surface area (TPSA) is 67.4 Å². The van der Waals surface area contributed by atoms with Gasteiger partial charge in [0.25, 0.3) is 0 Å². The third kappa shape index (κ3) is 6.78. The van der Waals surface area contributed by atoms with Gasteiger partial charge in [-0.05, 0) is 38.7 Å². The zero-order valence-electron chi connectivity index (χ0n) is 17.9. The van der Waals surface area contributed by atoms with Crippen molar-refractivity contribution in [3.05, 3.63) is 23.8 Å². The van der Waals surface area contributed by atoms with Crippen molar-refractivity contribution < 1.29 is 14.2 Å². The first-order valence-corrected chi connectivity index (χ1v) is 10.9. The van der Waals surface area contributed by atoms with E-state index in [0.717, 1.165) is 81.8 Å². The van der Waals surface area contributed by atoms with Gasteiger partial charge in [0.1, 0.15) is 0 Å². The molecule has 1 heterocycles. The van der Waals surface area contributed by atoms with Crippen molar-refractivity contribution in [1.29, 1.82) is 0 Å². The summed E-state index contributed by atoms with van der Waals surface area (Å²) in [5, 5.41) is 6.78. The Bertz CT molecular complexity index is 641. The molecule has 1 aromatic rings. The number of morpholine rings is 1. The first-order valence-electron chi connectivity index (χ1n) is 10.9. The highest BCUT2D eigenvalue weighted by atomic mass is 16.5. The van der Waals surface area contributed by atoms with Crippen molar-refractivity contribution in [3.63, 3.8) is 0 Å². The van der Waals surface area contributed by atoms with E-state index in [9.17, 15) is 0 Å². The molecule has 0 amide bonds. The maximum Gasteiger partial charge on any atom is 0.191 e. The second-order valence-corrected chi connectivity index (χ2v) is 7.55. The molecule has 0 atom stereocenters. The number of aliphatic imine (C=N–C) groups is 1. The molecule has 2 fully saturated rings. The summed E-state index contributed by atoms with van der Waals surface area (Å²) in [5.74, 6) is 2.46. The third-order valence-corrected chi connectivity index (χ3v) is 5.44. The average Bonchev–Trinajstić information content (AvgIpc) is 3.26. The summed E-state index contributed by atoms with van der Waals surface area (Å²) in [7, 11) is 1.70. The molecule has 1 aromatic carbocycles. The van der Waals surface area contributed by atoms with Crippen LogP contribution in [-0.2, 0) is 11.3 Å². The molecule has 3 rings (SSSR count). The Kier molecular flexibility index (Phi) is 8.89. The largest absolute Gasteiger partial charge is 0.493 e. The number of nitrogens with one attached hydrogen (secondary N) is 2. The number of guanidine groups is 1. The molecule has 1 saturated carbocycles. The number of benzene rings is 1. The molecular formula is C22H36N4O3. The van der Waals surface area contributed by atoms with E-state index >= 15 is 0 Å². The van der Waals surface area contributed by atoms with Crippen LogP contribution in [0.3, 0.4) is 0 Å². The number of methoxy groups -OCH3 is 1. The van der Waals surface area contributed by atoms with Crippen LogP contribution in [0.2, 0.25) is 0 Å². The fourth-order valence-electron chi connectivity index (χ4n) is 3.82. The van der Waals surface area contributed by atoms with Crippen LogP contribution in [0.4, 0.5) is 0 Å². The summed E-state index contributed by atoms with van der Waals surface area (Å²) in [5.41, 5.74) is 1.06. The Hall–Kier alpha value is -1.99. The molecule has 1 saturated heterocycles. The van der Waals surface area contributed by atoms with Gasteiger partial charge in [-0.2, -0.15) is 0 Å². The lowest BCUT2D eigenvalue weighted by atomic mass is 10.1. The van der Waals surface area contributed by atoms with Crippen molar-refractivity contribution in [2.24, 2.45) is 4.99 Å². The molecule has 29 heavy (non-hydrogen) atoms. The minimum atomic E-state index is 0.286. The van der Waals surface area contributed by atoms with E-state index < -0.39 is 0 Å². The summed E-state index contributed by atoms with van der Waals surface area (Å²) in [6, 6.07) is 6.04. The Morgan fingerprint density at radius 2 is 2.00 bits per heavy atom. The molecular weight excluding hydrogens is 368 g/mol. The van der Waals surface area contributed by atoms with E-state index in [0.29, 0.717) is 6.54 Å². The van der Waals surface area contributed by atoms with Crippen LogP contribution < -0.4 is 20.1 Å². The Labute approximate surface area is 174 Å². The van der Waals surface area contributed by atoms with Crippen LogP contribution in [0.25, 0.3) is 0 Å². The van der Waals surface area contributed by atoms with Crippen molar-refractivity contribution in [1.82, 2.24) is 15.5 Å². The summed E-state index contributed by atoms with van der Waals surface area (Å²) in [6.07, 6.45) is 5.00. The fraction of sp³-hybridized carbons (Fsp3) is 0.682. The van der Waals surface area contributed by atoms with Crippen LogP contribution in [0.15, 0.2) is 23.2 Å². The lowest BCUT2D eigenvalue weighted by Gasteiger charge is -2.26. The second-order valence-electron chi connectivity index (χ2n) is 7.55. The molecule has 1 aliphatic heterocycles. The lowest BCUT2D eigenvalue weighted by molar-refractivity contribution is 0.0389. The number of hydrogen-bond donors (Lipinski definition) is 2. The number of rotatable bonds is 9. The number of nitrogens with zero attached hydrogens (tertiary/aromatic N) is 2. The van der Waals surface area contributed by atoms with Crippen LogP contribution in [0.5, 0.6) is 11.5 Å². The van der Waals surface area contributed by atoms with Gasteiger partial charge >= 0.3 is 0 Å². The zero-order chi connectivity index (χ0) is 20.3. The standard InChI is InChI=1S/C22H36N4O3/c1-3-23-22(24-11-12-26-13-15-28-16-14-26)25-17-18-7-6-10-20(27-2)21(18)29-19-8-4-5-9-19/h6-7,10,19H,3-5,8-9,11-17H2,1-2H3,(H2,23,24,25). The van der Waals surface area contributed by atoms with E-state index in [1.807, 2.05) is 12.1 Å². The van der Waals surface area contributed by atoms with Crippen molar-refractivity contribution in [2.45, 2.75) is 45.3 Å². The number of hydrogen-bond acceptors (Lipinski definition) is 5.